The van der Waals surface area contributed by atoms with E-state index in [0.717, 1.165) is 22.0 Å². The molecule has 43 heavy (non-hydrogen) atoms. The quantitative estimate of drug-likeness (QED) is 0.452. The lowest BCUT2D eigenvalue weighted by Gasteiger charge is -2.39. The highest BCUT2D eigenvalue weighted by molar-refractivity contribution is 8.02. The van der Waals surface area contributed by atoms with Crippen LogP contribution in [0.5, 0.6) is 0 Å². The number of likely N-dealkylation sites (N-methyl/N-ethyl adjacent to an activating group) is 1. The number of anilines is 1. The number of rotatable bonds is 5. The zero-order valence-corrected chi connectivity index (χ0v) is 25.1. The molecule has 0 bridgehead atoms. The fourth-order valence-corrected chi connectivity index (χ4v) is 9.83. The first-order valence-corrected chi connectivity index (χ1v) is 15.7. The van der Waals surface area contributed by atoms with Gasteiger partial charge < -0.3 is 19.8 Å². The van der Waals surface area contributed by atoms with Gasteiger partial charge in [-0.2, -0.15) is 0 Å². The van der Waals surface area contributed by atoms with Crippen molar-refractivity contribution in [2.24, 2.45) is 11.8 Å². The molecular formula is C35H35N3O4S. The van der Waals surface area contributed by atoms with Crippen LogP contribution in [0.15, 0.2) is 97.1 Å². The molecule has 1 spiro atoms. The zero-order valence-electron chi connectivity index (χ0n) is 24.3. The Bertz CT molecular complexity index is 1670. The van der Waals surface area contributed by atoms with Crippen LogP contribution in [0.2, 0.25) is 0 Å². The average Bonchev–Trinajstić information content (AvgIpc) is 3.30. The number of fused-ring (bicyclic) bond motifs is 3. The topological polar surface area (TPSA) is 81.2 Å². The summed E-state index contributed by atoms with van der Waals surface area (Å²) in [7, 11) is 1.77. The van der Waals surface area contributed by atoms with Gasteiger partial charge >= 0.3 is 0 Å². The number of aliphatic hydroxyl groups is 1. The molecule has 0 radical (unpaired) electrons. The first-order chi connectivity index (χ1) is 20.8. The molecule has 8 heteroatoms. The number of aliphatic hydroxyl groups excluding tert-OH is 1. The number of amides is 3. The lowest BCUT2D eigenvalue weighted by Crippen LogP contribution is -2.57. The van der Waals surface area contributed by atoms with Crippen LogP contribution < -0.4 is 4.90 Å². The van der Waals surface area contributed by atoms with E-state index in [1.54, 1.807) is 33.5 Å². The van der Waals surface area contributed by atoms with Gasteiger partial charge in [-0.25, -0.2) is 0 Å². The average molecular weight is 594 g/mol. The number of nitrogens with zero attached hydrogens (tertiary/aromatic N) is 3. The van der Waals surface area contributed by atoms with E-state index < -0.39 is 33.4 Å². The Kier molecular flexibility index (Phi) is 6.74. The van der Waals surface area contributed by atoms with Crippen molar-refractivity contribution < 1.29 is 19.5 Å². The molecule has 2 saturated heterocycles. The van der Waals surface area contributed by atoms with E-state index in [1.165, 1.54) is 0 Å². The van der Waals surface area contributed by atoms with Crippen LogP contribution in [0, 0.1) is 11.8 Å². The third kappa shape index (κ3) is 4.25. The predicted molar refractivity (Wildman–Crippen MR) is 170 cm³/mol. The van der Waals surface area contributed by atoms with Crippen molar-refractivity contribution in [2.45, 2.75) is 34.9 Å². The molecular weight excluding hydrogens is 558 g/mol. The second-order valence-corrected chi connectivity index (χ2v) is 14.1. The summed E-state index contributed by atoms with van der Waals surface area (Å²) in [6, 6.07) is 22.2. The van der Waals surface area contributed by atoms with Crippen molar-refractivity contribution in [1.82, 2.24) is 9.80 Å². The van der Waals surface area contributed by atoms with E-state index in [1.807, 2.05) is 97.9 Å². The minimum Gasteiger partial charge on any atom is -0.394 e. The van der Waals surface area contributed by atoms with E-state index in [9.17, 15) is 19.5 Å². The summed E-state index contributed by atoms with van der Waals surface area (Å²) in [4.78, 5) is 48.7. The number of likely N-dealkylation sites (tertiary alicyclic amines) is 1. The fourth-order valence-electron chi connectivity index (χ4n) is 7.69. The molecule has 7 rings (SSSR count). The van der Waals surface area contributed by atoms with E-state index in [2.05, 4.69) is 6.08 Å². The van der Waals surface area contributed by atoms with Crippen molar-refractivity contribution in [3.8, 4) is 0 Å². The maximum atomic E-state index is 14.9. The van der Waals surface area contributed by atoms with Crippen LogP contribution in [-0.4, -0.2) is 80.9 Å². The van der Waals surface area contributed by atoms with Gasteiger partial charge in [0, 0.05) is 30.6 Å². The van der Waals surface area contributed by atoms with E-state index in [-0.39, 0.29) is 24.3 Å². The van der Waals surface area contributed by atoms with Crippen LogP contribution in [-0.2, 0) is 20.8 Å². The van der Waals surface area contributed by atoms with Gasteiger partial charge in [0.1, 0.15) is 6.04 Å². The van der Waals surface area contributed by atoms with Gasteiger partial charge in [0.25, 0.3) is 5.91 Å². The SMILES string of the molecule is CN1CC=C[C@]2(C)S[C@]34C=CCN(c5ccc6ccccc6c5)C(=O)C3N([C@@H](CO)Cc3ccccc3)C(=O)[C@@H]4[C@@H]2C1=O. The van der Waals surface area contributed by atoms with Gasteiger partial charge in [0.2, 0.25) is 11.8 Å². The molecule has 7 nitrogen and oxygen atoms in total. The van der Waals surface area contributed by atoms with Gasteiger partial charge in [0.15, 0.2) is 0 Å². The first-order valence-electron chi connectivity index (χ1n) is 14.8. The summed E-state index contributed by atoms with van der Waals surface area (Å²) in [5, 5.41) is 12.9. The van der Waals surface area contributed by atoms with Crippen LogP contribution in [0.1, 0.15) is 12.5 Å². The van der Waals surface area contributed by atoms with Gasteiger partial charge in [-0.05, 0) is 41.8 Å². The summed E-state index contributed by atoms with van der Waals surface area (Å²) in [6.07, 6.45) is 8.47. The van der Waals surface area contributed by atoms with Crippen molar-refractivity contribution in [3.63, 3.8) is 0 Å². The summed E-state index contributed by atoms with van der Waals surface area (Å²) in [5.41, 5.74) is 1.72. The summed E-state index contributed by atoms with van der Waals surface area (Å²) >= 11 is 1.56. The van der Waals surface area contributed by atoms with Gasteiger partial charge in [-0.1, -0.05) is 85.0 Å². The Balaban J connectivity index is 1.38. The van der Waals surface area contributed by atoms with Gasteiger partial charge in [-0.15, -0.1) is 11.8 Å². The fraction of sp³-hybridized carbons (Fsp3) is 0.343. The Hall–Kier alpha value is -3.88. The number of thioether (sulfide) groups is 1. The molecule has 1 unspecified atom stereocenters. The minimum atomic E-state index is -0.971. The molecule has 1 N–H and O–H groups in total. The van der Waals surface area contributed by atoms with Crippen molar-refractivity contribution in [3.05, 3.63) is 103 Å². The van der Waals surface area contributed by atoms with E-state index in [0.29, 0.717) is 19.5 Å². The Morgan fingerprint density at radius 2 is 1.58 bits per heavy atom. The Morgan fingerprint density at radius 3 is 2.35 bits per heavy atom. The van der Waals surface area contributed by atoms with Gasteiger partial charge in [0.05, 0.1) is 29.2 Å². The largest absolute Gasteiger partial charge is 0.394 e. The molecule has 0 aromatic heterocycles. The number of hydrogen-bond acceptors (Lipinski definition) is 5. The molecule has 2 fully saturated rings. The lowest BCUT2D eigenvalue weighted by molar-refractivity contribution is -0.144. The summed E-state index contributed by atoms with van der Waals surface area (Å²) < 4.78 is -1.63. The molecule has 3 amide bonds. The van der Waals surface area contributed by atoms with Crippen LogP contribution in [0.4, 0.5) is 5.69 Å². The third-order valence-corrected chi connectivity index (χ3v) is 11.5. The Labute approximate surface area is 255 Å². The highest BCUT2D eigenvalue weighted by atomic mass is 32.2. The molecule has 6 atom stereocenters. The van der Waals surface area contributed by atoms with Crippen LogP contribution in [0.25, 0.3) is 10.8 Å². The summed E-state index contributed by atoms with van der Waals surface area (Å²) in [5.74, 6) is -1.90. The molecule has 220 valence electrons. The second-order valence-electron chi connectivity index (χ2n) is 12.3. The third-order valence-electron chi connectivity index (χ3n) is 9.66. The smallest absolute Gasteiger partial charge is 0.251 e. The van der Waals surface area contributed by atoms with Crippen molar-refractivity contribution in [2.75, 3.05) is 31.6 Å². The summed E-state index contributed by atoms with van der Waals surface area (Å²) in [6.45, 7) is 2.55. The molecule has 3 aromatic carbocycles. The maximum absolute atomic E-state index is 14.9. The Morgan fingerprint density at radius 1 is 0.860 bits per heavy atom. The zero-order chi connectivity index (χ0) is 29.9. The molecule has 4 heterocycles. The monoisotopic (exact) mass is 593 g/mol. The number of benzene rings is 3. The van der Waals surface area contributed by atoms with Crippen molar-refractivity contribution >= 4 is 45.9 Å². The maximum Gasteiger partial charge on any atom is 0.251 e. The number of carbonyl (C=O) groups is 3. The molecule has 0 saturated carbocycles. The highest BCUT2D eigenvalue weighted by Gasteiger charge is 2.74. The van der Waals surface area contributed by atoms with Crippen LogP contribution >= 0.6 is 11.8 Å². The normalized spacial score (nSPS) is 30.7. The predicted octanol–water partition coefficient (Wildman–Crippen LogP) is 4.06. The second kappa shape index (κ2) is 10.4. The molecule has 3 aromatic rings. The van der Waals surface area contributed by atoms with E-state index >= 15 is 0 Å². The standard InChI is InChI=1S/C35H35N3O4S/c1-34-16-8-18-36(2)31(40)28(34)29-32(41)38(27(22-39)20-23-10-4-3-5-11-23)30-33(42)37(19-9-17-35(29,30)43-34)26-15-14-24-12-6-7-13-25(24)21-26/h3-17,21,27-30,39H,18-20,22H2,1-2H3/t27-,28-,29+,30?,34+,35+/m1/s1. The highest BCUT2D eigenvalue weighted by Crippen LogP contribution is 2.65. The van der Waals surface area contributed by atoms with Crippen molar-refractivity contribution in [1.29, 1.82) is 0 Å². The van der Waals surface area contributed by atoms with E-state index in [4.69, 9.17) is 0 Å². The molecule has 4 aliphatic rings. The first kappa shape index (κ1) is 27.9. The lowest BCUT2D eigenvalue weighted by atomic mass is 9.74. The number of hydrogen-bond donors (Lipinski definition) is 1. The molecule has 0 aliphatic carbocycles. The van der Waals surface area contributed by atoms with Gasteiger partial charge in [-0.3, -0.25) is 14.4 Å². The minimum absolute atomic E-state index is 0.0871. The van der Waals surface area contributed by atoms with Crippen LogP contribution in [0.3, 0.4) is 0 Å². The number of carbonyl (C=O) groups excluding carboxylic acids is 3. The molecule has 4 aliphatic heterocycles.